The van der Waals surface area contributed by atoms with Gasteiger partial charge in [-0.3, -0.25) is 4.98 Å². The fourth-order valence-corrected chi connectivity index (χ4v) is 3.33. The second-order valence-electron chi connectivity index (χ2n) is 5.79. The summed E-state index contributed by atoms with van der Waals surface area (Å²) in [6, 6.07) is 14.0. The largest absolute Gasteiger partial charge is 0.384 e. The third-order valence-electron chi connectivity index (χ3n) is 3.84. The third-order valence-corrected chi connectivity index (χ3v) is 4.58. The van der Waals surface area contributed by atoms with Gasteiger partial charge in [0.05, 0.1) is 5.75 Å². The summed E-state index contributed by atoms with van der Waals surface area (Å²) in [5, 5.41) is 9.07. The first-order valence-corrected chi connectivity index (χ1v) is 9.49. The zero-order chi connectivity index (χ0) is 17.9. The predicted molar refractivity (Wildman–Crippen MR) is 97.1 cm³/mol. The molecule has 0 fully saturated rings. The summed E-state index contributed by atoms with van der Waals surface area (Å²) in [7, 11) is -3.52. The Labute approximate surface area is 145 Å². The molecular weight excluding hydrogens is 341 g/mol. The summed E-state index contributed by atoms with van der Waals surface area (Å²) >= 11 is 0. The van der Waals surface area contributed by atoms with Crippen molar-refractivity contribution in [1.29, 1.82) is 0 Å². The number of para-hydroxylation sites is 1. The lowest BCUT2D eigenvalue weighted by Crippen LogP contribution is -2.14. The Balaban J connectivity index is 1.65. The highest BCUT2D eigenvalue weighted by Crippen LogP contribution is 2.23. The van der Waals surface area contributed by atoms with Crippen LogP contribution in [0.4, 0.5) is 10.1 Å². The number of sulfonamides is 1. The predicted octanol–water partition coefficient (Wildman–Crippen LogP) is 2.82. The molecule has 0 aliphatic carbocycles. The van der Waals surface area contributed by atoms with E-state index in [9.17, 15) is 12.8 Å². The number of hydrogen-bond donors (Lipinski definition) is 2. The van der Waals surface area contributed by atoms with Crippen molar-refractivity contribution >= 4 is 26.6 Å². The van der Waals surface area contributed by atoms with E-state index in [0.717, 1.165) is 23.1 Å². The Morgan fingerprint density at radius 3 is 2.48 bits per heavy atom. The van der Waals surface area contributed by atoms with Gasteiger partial charge in [0.15, 0.2) is 0 Å². The number of nitrogens with one attached hydrogen (secondary N) is 1. The van der Waals surface area contributed by atoms with Crippen molar-refractivity contribution in [1.82, 2.24) is 4.98 Å². The molecule has 1 heterocycles. The number of primary sulfonamides is 1. The zero-order valence-electron chi connectivity index (χ0n) is 13.4. The molecule has 0 spiro atoms. The molecule has 0 saturated heterocycles. The van der Waals surface area contributed by atoms with Gasteiger partial charge in [-0.1, -0.05) is 36.4 Å². The van der Waals surface area contributed by atoms with E-state index in [0.29, 0.717) is 17.6 Å². The quantitative estimate of drug-likeness (QED) is 0.709. The molecule has 130 valence electrons. The topological polar surface area (TPSA) is 85.1 Å². The molecule has 3 N–H and O–H groups in total. The van der Waals surface area contributed by atoms with Crippen molar-refractivity contribution in [3.8, 4) is 0 Å². The summed E-state index contributed by atoms with van der Waals surface area (Å²) in [5.74, 6) is -0.508. The number of pyridine rings is 1. The molecule has 0 bridgehead atoms. The van der Waals surface area contributed by atoms with Gasteiger partial charge in [-0.15, -0.1) is 0 Å². The molecule has 0 atom stereocenters. The molecule has 2 aromatic carbocycles. The number of fused-ring (bicyclic) bond motifs is 1. The number of aromatic nitrogens is 1. The van der Waals surface area contributed by atoms with Gasteiger partial charge in [0, 0.05) is 23.8 Å². The van der Waals surface area contributed by atoms with Crippen LogP contribution in [0.25, 0.3) is 10.9 Å². The SMILES string of the molecule is NS(=O)(=O)Cc1ccc(CCNc2ccnc3c(F)cccc23)cc1. The summed E-state index contributed by atoms with van der Waals surface area (Å²) in [6.07, 6.45) is 2.32. The Bertz CT molecular complexity index is 989. The van der Waals surface area contributed by atoms with Gasteiger partial charge in [-0.2, -0.15) is 0 Å². The highest BCUT2D eigenvalue weighted by Gasteiger charge is 2.06. The van der Waals surface area contributed by atoms with Crippen LogP contribution in [0.15, 0.2) is 54.7 Å². The van der Waals surface area contributed by atoms with Gasteiger partial charge in [0.2, 0.25) is 10.0 Å². The van der Waals surface area contributed by atoms with Crippen LogP contribution >= 0.6 is 0 Å². The standard InChI is InChI=1S/C18H18FN3O2S/c19-16-3-1-2-15-17(9-11-22-18(15)16)21-10-8-13-4-6-14(7-5-13)12-25(20,23)24/h1-7,9,11H,8,10,12H2,(H,21,22)(H2,20,23,24). The monoisotopic (exact) mass is 359 g/mol. The minimum absolute atomic E-state index is 0.167. The van der Waals surface area contributed by atoms with Gasteiger partial charge in [0.25, 0.3) is 0 Å². The van der Waals surface area contributed by atoms with E-state index in [4.69, 9.17) is 5.14 Å². The fraction of sp³-hybridized carbons (Fsp3) is 0.167. The average molecular weight is 359 g/mol. The first-order valence-electron chi connectivity index (χ1n) is 7.78. The van der Waals surface area contributed by atoms with E-state index in [-0.39, 0.29) is 11.6 Å². The van der Waals surface area contributed by atoms with E-state index in [1.807, 2.05) is 24.3 Å². The van der Waals surface area contributed by atoms with E-state index in [1.165, 1.54) is 6.07 Å². The van der Waals surface area contributed by atoms with E-state index in [2.05, 4.69) is 10.3 Å². The maximum atomic E-state index is 13.8. The summed E-state index contributed by atoms with van der Waals surface area (Å²) < 4.78 is 35.9. The molecule has 7 heteroatoms. The number of rotatable bonds is 6. The van der Waals surface area contributed by atoms with Crippen LogP contribution in [0.2, 0.25) is 0 Å². The van der Waals surface area contributed by atoms with Crippen LogP contribution < -0.4 is 10.5 Å². The van der Waals surface area contributed by atoms with E-state index < -0.39 is 10.0 Å². The van der Waals surface area contributed by atoms with Crippen LogP contribution in [0.1, 0.15) is 11.1 Å². The second kappa shape index (κ2) is 7.16. The molecule has 0 saturated carbocycles. The first kappa shape index (κ1) is 17.3. The van der Waals surface area contributed by atoms with Crippen molar-refractivity contribution < 1.29 is 12.8 Å². The molecule has 0 aliphatic rings. The summed E-state index contributed by atoms with van der Waals surface area (Å²) in [4.78, 5) is 4.07. The first-order chi connectivity index (χ1) is 11.9. The lowest BCUT2D eigenvalue weighted by atomic mass is 10.1. The second-order valence-corrected chi connectivity index (χ2v) is 7.41. The molecule has 0 amide bonds. The van der Waals surface area contributed by atoms with Gasteiger partial charge in [-0.05, 0) is 29.7 Å². The Kier molecular flexibility index (Phi) is 4.96. The molecule has 25 heavy (non-hydrogen) atoms. The van der Waals surface area contributed by atoms with Crippen molar-refractivity contribution in [3.05, 3.63) is 71.7 Å². The number of nitrogens with two attached hydrogens (primary N) is 1. The van der Waals surface area contributed by atoms with Crippen molar-refractivity contribution in [2.45, 2.75) is 12.2 Å². The van der Waals surface area contributed by atoms with Crippen LogP contribution in [0.5, 0.6) is 0 Å². The van der Waals surface area contributed by atoms with Crippen LogP contribution in [0.3, 0.4) is 0 Å². The Hall–Kier alpha value is -2.51. The summed E-state index contributed by atoms with van der Waals surface area (Å²) in [5.41, 5.74) is 2.90. The van der Waals surface area contributed by atoms with Crippen LogP contribution in [0, 0.1) is 5.82 Å². The van der Waals surface area contributed by atoms with Crippen LogP contribution in [-0.2, 0) is 22.2 Å². The molecule has 0 radical (unpaired) electrons. The number of nitrogens with zero attached hydrogens (tertiary/aromatic N) is 1. The number of anilines is 1. The van der Waals surface area contributed by atoms with E-state index >= 15 is 0 Å². The number of benzene rings is 2. The zero-order valence-corrected chi connectivity index (χ0v) is 14.3. The molecule has 0 aliphatic heterocycles. The lowest BCUT2D eigenvalue weighted by molar-refractivity contribution is 0.597. The normalized spacial score (nSPS) is 11.6. The molecule has 0 unspecified atom stereocenters. The smallest absolute Gasteiger partial charge is 0.213 e. The number of halogens is 1. The van der Waals surface area contributed by atoms with Gasteiger partial charge in [0.1, 0.15) is 11.3 Å². The molecule has 1 aromatic heterocycles. The van der Waals surface area contributed by atoms with E-state index in [1.54, 1.807) is 24.4 Å². The molecule has 3 aromatic rings. The van der Waals surface area contributed by atoms with Crippen molar-refractivity contribution in [2.75, 3.05) is 11.9 Å². The lowest BCUT2D eigenvalue weighted by Gasteiger charge is -2.10. The third kappa shape index (κ3) is 4.52. The number of hydrogen-bond acceptors (Lipinski definition) is 4. The summed E-state index contributed by atoms with van der Waals surface area (Å²) in [6.45, 7) is 0.657. The minimum Gasteiger partial charge on any atom is -0.384 e. The minimum atomic E-state index is -3.52. The highest BCUT2D eigenvalue weighted by atomic mass is 32.2. The van der Waals surface area contributed by atoms with Crippen molar-refractivity contribution in [3.63, 3.8) is 0 Å². The Morgan fingerprint density at radius 2 is 1.76 bits per heavy atom. The maximum Gasteiger partial charge on any atom is 0.213 e. The maximum absolute atomic E-state index is 13.8. The molecular formula is C18H18FN3O2S. The molecule has 5 nitrogen and oxygen atoms in total. The van der Waals surface area contributed by atoms with Crippen molar-refractivity contribution in [2.24, 2.45) is 5.14 Å². The van der Waals surface area contributed by atoms with Crippen LogP contribution in [-0.4, -0.2) is 19.9 Å². The fourth-order valence-electron chi connectivity index (χ4n) is 2.67. The van der Waals surface area contributed by atoms with Gasteiger partial charge >= 0.3 is 0 Å². The van der Waals surface area contributed by atoms with Gasteiger partial charge < -0.3 is 5.32 Å². The molecule has 3 rings (SSSR count). The van der Waals surface area contributed by atoms with Gasteiger partial charge in [-0.25, -0.2) is 17.9 Å². The average Bonchev–Trinajstić information content (AvgIpc) is 2.56. The Morgan fingerprint density at radius 1 is 1.04 bits per heavy atom. The highest BCUT2D eigenvalue weighted by molar-refractivity contribution is 7.88.